The van der Waals surface area contributed by atoms with Gasteiger partial charge in [0.1, 0.15) is 0 Å². The van der Waals surface area contributed by atoms with Gasteiger partial charge in [-0.05, 0) is 35.4 Å². The van der Waals surface area contributed by atoms with E-state index in [1.165, 1.54) is 19.2 Å². The lowest BCUT2D eigenvalue weighted by Crippen LogP contribution is -2.27. The molecule has 0 aliphatic heterocycles. The Kier molecular flexibility index (Phi) is 4.78. The predicted molar refractivity (Wildman–Crippen MR) is 79.2 cm³/mol. The van der Waals surface area contributed by atoms with E-state index in [-0.39, 0.29) is 11.8 Å². The summed E-state index contributed by atoms with van der Waals surface area (Å²) in [6, 6.07) is 2.42. The molecule has 1 fully saturated rings. The first-order chi connectivity index (χ1) is 10.4. The first-order valence-electron chi connectivity index (χ1n) is 7.41. The van der Waals surface area contributed by atoms with Crippen LogP contribution in [0.1, 0.15) is 50.2 Å². The number of nitro groups is 1. The van der Waals surface area contributed by atoms with Gasteiger partial charge in [0, 0.05) is 6.07 Å². The Morgan fingerprint density at radius 1 is 1.36 bits per heavy atom. The minimum atomic E-state index is -0.847. The molecule has 5 nitrogen and oxygen atoms in total. The quantitative estimate of drug-likeness (QED) is 0.483. The van der Waals surface area contributed by atoms with Crippen molar-refractivity contribution >= 4 is 11.7 Å². The summed E-state index contributed by atoms with van der Waals surface area (Å²) in [5, 5.41) is 10.9. The van der Waals surface area contributed by atoms with Gasteiger partial charge in [-0.1, -0.05) is 26.2 Å². The number of carbonyl (C=O) groups is 1. The summed E-state index contributed by atoms with van der Waals surface area (Å²) in [6.07, 6.45) is 4.90. The van der Waals surface area contributed by atoms with E-state index in [1.807, 2.05) is 6.92 Å². The molecule has 120 valence electrons. The van der Waals surface area contributed by atoms with Crippen LogP contribution in [0.25, 0.3) is 0 Å². The van der Waals surface area contributed by atoms with Gasteiger partial charge < -0.3 is 4.74 Å². The van der Waals surface area contributed by atoms with Crippen molar-refractivity contribution in [2.45, 2.75) is 50.9 Å². The van der Waals surface area contributed by atoms with E-state index in [0.717, 1.165) is 32.1 Å². The predicted octanol–water partition coefficient (Wildman–Crippen LogP) is 3.67. The maximum Gasteiger partial charge on any atom is 0.309 e. The number of nitro benzene ring substituents is 1. The first-order valence-corrected chi connectivity index (χ1v) is 7.41. The molecular formula is C16H20FNO4. The Morgan fingerprint density at radius 2 is 2.00 bits per heavy atom. The normalized spacial score (nSPS) is 17.0. The molecule has 0 spiro atoms. The monoisotopic (exact) mass is 309 g/mol. The first kappa shape index (κ1) is 16.4. The molecule has 0 aromatic heterocycles. The third-order valence-corrected chi connectivity index (χ3v) is 4.54. The molecule has 0 unspecified atom stereocenters. The Bertz CT molecular complexity index is 594. The molecule has 2 rings (SSSR count). The van der Waals surface area contributed by atoms with Crippen LogP contribution >= 0.6 is 0 Å². The Morgan fingerprint density at radius 3 is 2.55 bits per heavy atom. The molecule has 1 aromatic rings. The van der Waals surface area contributed by atoms with E-state index in [1.54, 1.807) is 0 Å². The summed E-state index contributed by atoms with van der Waals surface area (Å²) in [6.45, 7) is 2.04. The number of esters is 1. The molecule has 0 radical (unpaired) electrons. The zero-order valence-corrected chi connectivity index (χ0v) is 12.9. The second kappa shape index (κ2) is 6.42. The van der Waals surface area contributed by atoms with Gasteiger partial charge in [-0.25, -0.2) is 0 Å². The standard InChI is InChI=1S/C16H20FNO4/c1-16(6-4-3-5-7-16)12-10-13(17)14(18(20)21)8-11(12)9-15(19)22-2/h8,10H,3-7,9H2,1-2H3. The van der Waals surface area contributed by atoms with Gasteiger partial charge in [-0.15, -0.1) is 0 Å². The van der Waals surface area contributed by atoms with Crippen LogP contribution in [0.2, 0.25) is 0 Å². The van der Waals surface area contributed by atoms with E-state index in [2.05, 4.69) is 4.74 Å². The van der Waals surface area contributed by atoms with Crippen LogP contribution in [0.5, 0.6) is 0 Å². The fourth-order valence-electron chi connectivity index (χ4n) is 3.28. The van der Waals surface area contributed by atoms with E-state index >= 15 is 0 Å². The van der Waals surface area contributed by atoms with Gasteiger partial charge in [0.05, 0.1) is 18.5 Å². The van der Waals surface area contributed by atoms with Crippen LogP contribution in [-0.2, 0) is 21.4 Å². The number of ether oxygens (including phenoxy) is 1. The van der Waals surface area contributed by atoms with Gasteiger partial charge in [-0.3, -0.25) is 14.9 Å². The molecule has 1 aliphatic rings. The van der Waals surface area contributed by atoms with Crippen LogP contribution in [0, 0.1) is 15.9 Å². The maximum absolute atomic E-state index is 14.1. The molecule has 0 amide bonds. The fraction of sp³-hybridized carbons (Fsp3) is 0.562. The second-order valence-corrected chi connectivity index (χ2v) is 6.09. The van der Waals surface area contributed by atoms with E-state index in [4.69, 9.17) is 0 Å². The summed E-state index contributed by atoms with van der Waals surface area (Å²) in [5.41, 5.74) is 0.338. The lowest BCUT2D eigenvalue weighted by molar-refractivity contribution is -0.387. The molecule has 0 N–H and O–H groups in total. The molecule has 6 heteroatoms. The van der Waals surface area contributed by atoms with E-state index < -0.39 is 22.4 Å². The maximum atomic E-state index is 14.1. The lowest BCUT2D eigenvalue weighted by Gasteiger charge is -2.35. The summed E-state index contributed by atoms with van der Waals surface area (Å²) in [5.74, 6) is -1.33. The fourth-order valence-corrected chi connectivity index (χ4v) is 3.28. The number of hydrogen-bond donors (Lipinski definition) is 0. The SMILES string of the molecule is COC(=O)Cc1cc([N+](=O)[O-])c(F)cc1C1(C)CCCCC1. The number of carbonyl (C=O) groups excluding carboxylic acids is 1. The number of hydrogen-bond acceptors (Lipinski definition) is 4. The van der Waals surface area contributed by atoms with E-state index in [0.29, 0.717) is 11.1 Å². The summed E-state index contributed by atoms with van der Waals surface area (Å²) in [4.78, 5) is 21.8. The number of benzene rings is 1. The number of nitrogens with zero attached hydrogens (tertiary/aromatic N) is 1. The second-order valence-electron chi connectivity index (χ2n) is 6.09. The highest BCUT2D eigenvalue weighted by molar-refractivity contribution is 5.73. The molecular weight excluding hydrogens is 289 g/mol. The van der Waals surface area contributed by atoms with Crippen molar-refractivity contribution in [3.63, 3.8) is 0 Å². The minimum Gasteiger partial charge on any atom is -0.469 e. The third kappa shape index (κ3) is 3.26. The molecule has 0 atom stereocenters. The van der Waals surface area contributed by atoms with Crippen molar-refractivity contribution in [2.24, 2.45) is 0 Å². The molecule has 1 aliphatic carbocycles. The van der Waals surface area contributed by atoms with Crippen LogP contribution in [0.4, 0.5) is 10.1 Å². The molecule has 0 bridgehead atoms. The van der Waals surface area contributed by atoms with Gasteiger partial charge in [0.15, 0.2) is 0 Å². The van der Waals surface area contributed by atoms with Crippen molar-refractivity contribution in [3.05, 3.63) is 39.2 Å². The van der Waals surface area contributed by atoms with Crippen LogP contribution in [0.3, 0.4) is 0 Å². The summed E-state index contributed by atoms with van der Waals surface area (Å²) >= 11 is 0. The molecule has 0 heterocycles. The number of halogens is 1. The average molecular weight is 309 g/mol. The van der Waals surface area contributed by atoms with Crippen LogP contribution < -0.4 is 0 Å². The highest BCUT2D eigenvalue weighted by Crippen LogP contribution is 2.42. The molecule has 1 saturated carbocycles. The Hall–Kier alpha value is -1.98. The summed E-state index contributed by atoms with van der Waals surface area (Å²) in [7, 11) is 1.27. The minimum absolute atomic E-state index is 0.0808. The molecule has 1 aromatic carbocycles. The van der Waals surface area contributed by atoms with Crippen molar-refractivity contribution < 1.29 is 18.8 Å². The van der Waals surface area contributed by atoms with Gasteiger partial charge in [0.25, 0.3) is 0 Å². The van der Waals surface area contributed by atoms with Crippen molar-refractivity contribution in [2.75, 3.05) is 7.11 Å². The van der Waals surface area contributed by atoms with Crippen LogP contribution in [-0.4, -0.2) is 18.0 Å². The zero-order chi connectivity index (χ0) is 16.3. The highest BCUT2D eigenvalue weighted by atomic mass is 19.1. The van der Waals surface area contributed by atoms with Gasteiger partial charge in [-0.2, -0.15) is 4.39 Å². The van der Waals surface area contributed by atoms with Crippen molar-refractivity contribution in [3.8, 4) is 0 Å². The van der Waals surface area contributed by atoms with Crippen molar-refractivity contribution in [1.29, 1.82) is 0 Å². The number of rotatable bonds is 4. The Balaban J connectivity index is 2.52. The smallest absolute Gasteiger partial charge is 0.309 e. The van der Waals surface area contributed by atoms with Crippen molar-refractivity contribution in [1.82, 2.24) is 0 Å². The van der Waals surface area contributed by atoms with Crippen LogP contribution in [0.15, 0.2) is 12.1 Å². The summed E-state index contributed by atoms with van der Waals surface area (Å²) < 4.78 is 18.7. The largest absolute Gasteiger partial charge is 0.469 e. The third-order valence-electron chi connectivity index (χ3n) is 4.54. The topological polar surface area (TPSA) is 69.4 Å². The lowest BCUT2D eigenvalue weighted by atomic mass is 9.69. The Labute approximate surface area is 128 Å². The average Bonchev–Trinajstić information content (AvgIpc) is 2.48. The highest BCUT2D eigenvalue weighted by Gasteiger charge is 2.33. The molecule has 0 saturated heterocycles. The van der Waals surface area contributed by atoms with E-state index in [9.17, 15) is 19.3 Å². The number of methoxy groups -OCH3 is 1. The molecule has 22 heavy (non-hydrogen) atoms. The van der Waals surface area contributed by atoms with Gasteiger partial charge >= 0.3 is 11.7 Å². The van der Waals surface area contributed by atoms with Gasteiger partial charge in [0.2, 0.25) is 5.82 Å². The zero-order valence-electron chi connectivity index (χ0n) is 12.9.